The van der Waals surface area contributed by atoms with Gasteiger partial charge < -0.3 is 13.9 Å². The maximum atomic E-state index is 6.52. The van der Waals surface area contributed by atoms with Crippen molar-refractivity contribution in [3.05, 3.63) is 152 Å². The van der Waals surface area contributed by atoms with Crippen LogP contribution < -0.4 is 4.74 Å². The summed E-state index contributed by atoms with van der Waals surface area (Å²) in [6.45, 7) is 0. The minimum Gasteiger partial charge on any atom is -0.509 e. The van der Waals surface area contributed by atoms with E-state index in [1.807, 2.05) is 42.6 Å². The molecule has 0 fully saturated rings. The average molecular weight is 829 g/mol. The molecule has 0 spiro atoms. The van der Waals surface area contributed by atoms with Crippen LogP contribution in [0.3, 0.4) is 0 Å². The third-order valence-corrected chi connectivity index (χ3v) is 9.82. The summed E-state index contributed by atoms with van der Waals surface area (Å²) in [5.74, 6) is 2.00. The van der Waals surface area contributed by atoms with Crippen molar-refractivity contribution in [2.24, 2.45) is 0 Å². The zero-order valence-corrected chi connectivity index (χ0v) is 28.7. The van der Waals surface area contributed by atoms with Crippen LogP contribution in [0.1, 0.15) is 0 Å². The molecule has 10 rings (SSSR count). The van der Waals surface area contributed by atoms with Crippen LogP contribution in [-0.4, -0.2) is 24.1 Å². The van der Waals surface area contributed by atoms with Gasteiger partial charge in [-0.15, -0.1) is 35.0 Å². The van der Waals surface area contributed by atoms with Gasteiger partial charge in [-0.05, 0) is 64.9 Å². The van der Waals surface area contributed by atoms with Crippen LogP contribution in [0.25, 0.3) is 75.9 Å². The van der Waals surface area contributed by atoms with Crippen molar-refractivity contribution in [1.29, 1.82) is 0 Å². The SMILES string of the molecule is [Pt+2].[c-]1c(Oc2[c-]c3c(cc2)c2ccccc2n3-c2nc3ccccc3s2)ccc2c3ccccc3n(-c3ccc(-c4ccncc4)cn3)c12. The van der Waals surface area contributed by atoms with Crippen molar-refractivity contribution in [1.82, 2.24) is 24.1 Å². The molecule has 0 aliphatic carbocycles. The monoisotopic (exact) mass is 828 g/mol. The first-order valence-corrected chi connectivity index (χ1v) is 16.4. The summed E-state index contributed by atoms with van der Waals surface area (Å²) in [5, 5.41) is 5.35. The van der Waals surface area contributed by atoms with E-state index in [2.05, 4.69) is 111 Å². The standard InChI is InChI=1S/C41H23N5OS.Pt/c1-4-10-35-30(7-1)32-16-14-28(23-37(32)45(35)40-18-13-27(25-43-40)26-19-21-42-22-20-26)47-29-15-17-33-31-8-2-5-11-36(31)46(38(33)24-29)41-44-34-9-3-6-12-39(34)48-41;/h1-22,25H;/q-2;+2. The van der Waals surface area contributed by atoms with Crippen LogP contribution in [0.5, 0.6) is 11.5 Å². The van der Waals surface area contributed by atoms with Crippen molar-refractivity contribution >= 4 is 65.2 Å². The number of hydrogen-bond acceptors (Lipinski definition) is 5. The molecular weight excluding hydrogens is 806 g/mol. The number of aromatic nitrogens is 5. The molecule has 0 atom stereocenters. The molecule has 0 aliphatic rings. The van der Waals surface area contributed by atoms with E-state index in [0.717, 1.165) is 75.9 Å². The molecule has 0 amide bonds. The Hall–Kier alpha value is -5.62. The predicted octanol–water partition coefficient (Wildman–Crippen LogP) is 10.3. The van der Waals surface area contributed by atoms with Gasteiger partial charge in [-0.3, -0.25) is 4.98 Å². The van der Waals surface area contributed by atoms with Crippen LogP contribution in [0.4, 0.5) is 0 Å². The number of ether oxygens (including phenoxy) is 1. The Morgan fingerprint density at radius 1 is 0.571 bits per heavy atom. The minimum atomic E-state index is 0. The normalized spacial score (nSPS) is 11.5. The van der Waals surface area contributed by atoms with Crippen molar-refractivity contribution in [2.45, 2.75) is 0 Å². The van der Waals surface area contributed by atoms with Gasteiger partial charge >= 0.3 is 21.1 Å². The van der Waals surface area contributed by atoms with Crippen LogP contribution in [0.15, 0.2) is 140 Å². The van der Waals surface area contributed by atoms with E-state index >= 15 is 0 Å². The van der Waals surface area contributed by atoms with Crippen LogP contribution in [0, 0.1) is 12.1 Å². The number of nitrogens with zero attached hydrogens (tertiary/aromatic N) is 5. The molecule has 5 heterocycles. The third kappa shape index (κ3) is 4.85. The fourth-order valence-corrected chi connectivity index (χ4v) is 7.60. The molecule has 8 heteroatoms. The number of benzene rings is 5. The zero-order valence-electron chi connectivity index (χ0n) is 25.6. The Kier molecular flexibility index (Phi) is 7.11. The Balaban J connectivity index is 0.00000325. The number of pyridine rings is 2. The van der Waals surface area contributed by atoms with E-state index in [1.165, 1.54) is 0 Å². The maximum Gasteiger partial charge on any atom is 2.00 e. The summed E-state index contributed by atoms with van der Waals surface area (Å²) in [7, 11) is 0. The quantitative estimate of drug-likeness (QED) is 0.162. The largest absolute Gasteiger partial charge is 2.00 e. The Morgan fingerprint density at radius 2 is 1.20 bits per heavy atom. The summed E-state index contributed by atoms with van der Waals surface area (Å²) >= 11 is 1.67. The Morgan fingerprint density at radius 3 is 1.88 bits per heavy atom. The van der Waals surface area contributed by atoms with Crippen molar-refractivity contribution in [2.75, 3.05) is 0 Å². The molecule has 49 heavy (non-hydrogen) atoms. The van der Waals surface area contributed by atoms with Crippen LogP contribution in [-0.2, 0) is 21.1 Å². The molecule has 0 bridgehead atoms. The molecule has 0 N–H and O–H groups in total. The van der Waals surface area contributed by atoms with Gasteiger partial charge in [0, 0.05) is 46.7 Å². The topological polar surface area (TPSA) is 57.8 Å². The number of rotatable bonds is 5. The van der Waals surface area contributed by atoms with Crippen molar-refractivity contribution < 1.29 is 25.8 Å². The van der Waals surface area contributed by atoms with Crippen molar-refractivity contribution in [3.8, 4) is 33.6 Å². The smallest absolute Gasteiger partial charge is 0.509 e. The van der Waals surface area contributed by atoms with Gasteiger partial charge in [0.25, 0.3) is 0 Å². The maximum absolute atomic E-state index is 6.52. The molecule has 0 radical (unpaired) electrons. The second kappa shape index (κ2) is 11.8. The van der Waals surface area contributed by atoms with E-state index in [9.17, 15) is 0 Å². The molecule has 5 aromatic carbocycles. The minimum absolute atomic E-state index is 0. The van der Waals surface area contributed by atoms with Gasteiger partial charge in [0.1, 0.15) is 5.82 Å². The first kappa shape index (κ1) is 29.5. The fraction of sp³-hybridized carbons (Fsp3) is 0. The zero-order chi connectivity index (χ0) is 31.6. The number of thiazole rings is 1. The Bertz CT molecular complexity index is 2790. The molecule has 6 nitrogen and oxygen atoms in total. The second-order valence-corrected chi connectivity index (χ2v) is 12.6. The van der Waals surface area contributed by atoms with Gasteiger partial charge in [-0.2, -0.15) is 12.1 Å². The molecule has 5 aromatic heterocycles. The van der Waals surface area contributed by atoms with Gasteiger partial charge in [-0.1, -0.05) is 70.9 Å². The third-order valence-electron chi connectivity index (χ3n) is 8.80. The van der Waals surface area contributed by atoms with E-state index in [1.54, 1.807) is 23.7 Å². The van der Waals surface area contributed by atoms with Gasteiger partial charge in [0.15, 0.2) is 5.13 Å². The summed E-state index contributed by atoms with van der Waals surface area (Å²) in [5.41, 5.74) is 7.03. The van der Waals surface area contributed by atoms with Crippen molar-refractivity contribution in [3.63, 3.8) is 0 Å². The van der Waals surface area contributed by atoms with E-state index in [0.29, 0.717) is 11.5 Å². The molecular formula is C41H23N5OPtS. The van der Waals surface area contributed by atoms with Gasteiger partial charge in [-0.25, -0.2) is 9.97 Å². The number of hydrogen-bond donors (Lipinski definition) is 0. The number of fused-ring (bicyclic) bond motifs is 7. The molecule has 0 aliphatic heterocycles. The van der Waals surface area contributed by atoms with E-state index in [4.69, 9.17) is 14.7 Å². The average Bonchev–Trinajstić information content (AvgIpc) is 3.81. The molecule has 0 saturated heterocycles. The summed E-state index contributed by atoms with van der Waals surface area (Å²) in [6.07, 6.45) is 5.49. The molecule has 234 valence electrons. The second-order valence-electron chi connectivity index (χ2n) is 11.6. The fourth-order valence-electron chi connectivity index (χ4n) is 6.61. The van der Waals surface area contributed by atoms with Crippen LogP contribution >= 0.6 is 11.3 Å². The van der Waals surface area contributed by atoms with Gasteiger partial charge in [0.2, 0.25) is 0 Å². The summed E-state index contributed by atoms with van der Waals surface area (Å²) < 4.78 is 12.0. The van der Waals surface area contributed by atoms with Gasteiger partial charge in [0.05, 0.1) is 10.2 Å². The molecule has 0 unspecified atom stereocenters. The van der Waals surface area contributed by atoms with E-state index < -0.39 is 0 Å². The van der Waals surface area contributed by atoms with E-state index in [-0.39, 0.29) is 21.1 Å². The molecule has 0 saturated carbocycles. The van der Waals surface area contributed by atoms with Crippen LogP contribution in [0.2, 0.25) is 0 Å². The first-order chi connectivity index (χ1) is 23.8. The Labute approximate surface area is 299 Å². The predicted molar refractivity (Wildman–Crippen MR) is 194 cm³/mol. The summed E-state index contributed by atoms with van der Waals surface area (Å²) in [6, 6.07) is 48.4. The first-order valence-electron chi connectivity index (χ1n) is 15.6. The molecule has 10 aromatic rings. The number of para-hydroxylation sites is 3. The summed E-state index contributed by atoms with van der Waals surface area (Å²) in [4.78, 5) is 14.0.